The molecule has 0 saturated carbocycles. The van der Waals surface area contributed by atoms with Crippen LogP contribution in [0.15, 0.2) is 42.5 Å². The van der Waals surface area contributed by atoms with E-state index in [1.165, 1.54) is 0 Å². The van der Waals surface area contributed by atoms with Gasteiger partial charge in [0.1, 0.15) is 11.6 Å². The molecular weight excluding hydrogens is 404 g/mol. The molecule has 1 unspecified atom stereocenters. The number of hydrogen-bond acceptors (Lipinski definition) is 6. The van der Waals surface area contributed by atoms with Gasteiger partial charge in [0.25, 0.3) is 0 Å². The molecule has 1 atom stereocenters. The number of rotatable bonds is 6. The van der Waals surface area contributed by atoms with Gasteiger partial charge < -0.3 is 20.1 Å². The summed E-state index contributed by atoms with van der Waals surface area (Å²) in [6.45, 7) is 6.70. The topological polar surface area (TPSA) is 87.6 Å². The zero-order valence-corrected chi connectivity index (χ0v) is 18.7. The smallest absolute Gasteiger partial charge is 0.407 e. The van der Waals surface area contributed by atoms with Crippen LogP contribution < -0.4 is 10.2 Å². The average molecular weight is 435 g/mol. The van der Waals surface area contributed by atoms with E-state index in [-0.39, 0.29) is 11.8 Å². The van der Waals surface area contributed by atoms with Crippen LogP contribution in [-0.4, -0.2) is 47.4 Å². The first-order chi connectivity index (χ1) is 15.5. The van der Waals surface area contributed by atoms with Crippen molar-refractivity contribution in [3.05, 3.63) is 48.0 Å². The van der Waals surface area contributed by atoms with Gasteiger partial charge in [0.05, 0.1) is 17.7 Å². The van der Waals surface area contributed by atoms with Crippen molar-refractivity contribution in [2.24, 2.45) is 5.92 Å². The van der Waals surface area contributed by atoms with Gasteiger partial charge in [-0.25, -0.2) is 14.8 Å². The Labute approximate surface area is 188 Å². The fourth-order valence-corrected chi connectivity index (χ4v) is 4.14. The number of ether oxygens (including phenoxy) is 1. The van der Waals surface area contributed by atoms with Gasteiger partial charge >= 0.3 is 6.09 Å². The Morgan fingerprint density at radius 2 is 2.09 bits per heavy atom. The zero-order valence-electron chi connectivity index (χ0n) is 18.7. The Kier molecular flexibility index (Phi) is 6.73. The number of fused-ring (bicyclic) bond motifs is 1. The van der Waals surface area contributed by atoms with Crippen LogP contribution in [0.1, 0.15) is 31.7 Å². The highest BCUT2D eigenvalue weighted by molar-refractivity contribution is 5.92. The molecule has 1 amide bonds. The molecule has 1 fully saturated rings. The van der Waals surface area contributed by atoms with Gasteiger partial charge in [-0.1, -0.05) is 25.1 Å². The van der Waals surface area contributed by atoms with Crippen molar-refractivity contribution in [2.75, 3.05) is 31.1 Å². The molecule has 168 valence electrons. The number of amides is 1. The Morgan fingerprint density at radius 1 is 1.25 bits per heavy atom. The predicted octanol–water partition coefficient (Wildman–Crippen LogP) is 4.66. The number of aromatic hydroxyl groups is 1. The lowest BCUT2D eigenvalue weighted by atomic mass is 9.97. The largest absolute Gasteiger partial charge is 0.507 e. The van der Waals surface area contributed by atoms with Crippen molar-refractivity contribution in [1.82, 2.24) is 15.3 Å². The summed E-state index contributed by atoms with van der Waals surface area (Å²) in [5.41, 5.74) is 2.60. The number of aromatic nitrogens is 2. The Bertz CT molecular complexity index is 1100. The fourth-order valence-electron chi connectivity index (χ4n) is 4.14. The molecule has 0 spiro atoms. The molecule has 1 aliphatic heterocycles. The molecule has 0 radical (unpaired) electrons. The second-order valence-corrected chi connectivity index (χ2v) is 8.38. The van der Waals surface area contributed by atoms with Crippen LogP contribution in [0.5, 0.6) is 5.75 Å². The molecular formula is C25H30N4O3. The number of nitrogens with one attached hydrogen (secondary N) is 1. The quantitative estimate of drug-likeness (QED) is 0.587. The molecule has 32 heavy (non-hydrogen) atoms. The van der Waals surface area contributed by atoms with E-state index in [0.29, 0.717) is 30.5 Å². The number of nitrogens with zero attached hydrogens (tertiary/aromatic N) is 3. The van der Waals surface area contributed by atoms with Gasteiger partial charge in [-0.3, -0.25) is 0 Å². The number of anilines is 1. The van der Waals surface area contributed by atoms with Crippen LogP contribution in [0, 0.1) is 12.8 Å². The first-order valence-electron chi connectivity index (χ1n) is 11.3. The zero-order chi connectivity index (χ0) is 22.5. The monoisotopic (exact) mass is 434 g/mol. The minimum atomic E-state index is -0.353. The number of hydrogen-bond donors (Lipinski definition) is 2. The third-order valence-corrected chi connectivity index (χ3v) is 5.77. The summed E-state index contributed by atoms with van der Waals surface area (Å²) in [4.78, 5) is 23.8. The summed E-state index contributed by atoms with van der Waals surface area (Å²) in [6.07, 6.45) is 2.51. The minimum Gasteiger partial charge on any atom is -0.507 e. The lowest BCUT2D eigenvalue weighted by molar-refractivity contribution is 0.144. The Hall–Kier alpha value is -3.35. The maximum atomic E-state index is 11.8. The molecule has 1 saturated heterocycles. The summed E-state index contributed by atoms with van der Waals surface area (Å²) >= 11 is 0. The SMILES string of the molecule is CCCOC(=O)NCC1CCCN(c2nc(-c3ccccc3O)nc3cc(C)ccc23)C1. The van der Waals surface area contributed by atoms with Crippen molar-refractivity contribution >= 4 is 22.8 Å². The number of phenolic OH excluding ortho intramolecular Hbond substituents is 1. The number of carbonyl (C=O) groups excluding carboxylic acids is 1. The number of para-hydroxylation sites is 1. The van der Waals surface area contributed by atoms with Gasteiger partial charge in [0.2, 0.25) is 0 Å². The van der Waals surface area contributed by atoms with Gasteiger partial charge in [-0.2, -0.15) is 0 Å². The standard InChI is InChI=1S/C25H30N4O3/c1-3-13-32-25(31)26-15-18-7-6-12-29(16-18)24-19-11-10-17(2)14-21(19)27-23(28-24)20-8-4-5-9-22(20)30/h4-5,8-11,14,18,30H,3,6-7,12-13,15-16H2,1-2H3,(H,26,31). The van der Waals surface area contributed by atoms with Crippen LogP contribution in [-0.2, 0) is 4.74 Å². The number of benzene rings is 2. The Morgan fingerprint density at radius 3 is 2.91 bits per heavy atom. The molecule has 1 aliphatic rings. The highest BCUT2D eigenvalue weighted by Crippen LogP contribution is 2.33. The number of carbonyl (C=O) groups is 1. The molecule has 2 N–H and O–H groups in total. The molecule has 2 aromatic carbocycles. The molecule has 0 aliphatic carbocycles. The van der Waals surface area contributed by atoms with E-state index in [1.54, 1.807) is 12.1 Å². The summed E-state index contributed by atoms with van der Waals surface area (Å²) < 4.78 is 5.13. The first-order valence-corrected chi connectivity index (χ1v) is 11.3. The van der Waals surface area contributed by atoms with Crippen LogP contribution >= 0.6 is 0 Å². The summed E-state index contributed by atoms with van der Waals surface area (Å²) in [5, 5.41) is 14.3. The van der Waals surface area contributed by atoms with E-state index in [2.05, 4.69) is 28.4 Å². The van der Waals surface area contributed by atoms with Gasteiger partial charge in [-0.05, 0) is 61.9 Å². The molecule has 1 aromatic heterocycles. The molecule has 7 heteroatoms. The van der Waals surface area contributed by atoms with Gasteiger partial charge in [-0.15, -0.1) is 0 Å². The average Bonchev–Trinajstić information content (AvgIpc) is 2.81. The lowest BCUT2D eigenvalue weighted by Gasteiger charge is -2.34. The van der Waals surface area contributed by atoms with Crippen molar-refractivity contribution in [1.29, 1.82) is 0 Å². The van der Waals surface area contributed by atoms with Crippen LogP contribution in [0.2, 0.25) is 0 Å². The molecule has 0 bridgehead atoms. The van der Waals surface area contributed by atoms with E-state index in [4.69, 9.17) is 14.7 Å². The van der Waals surface area contributed by atoms with Crippen molar-refractivity contribution in [3.8, 4) is 17.1 Å². The maximum Gasteiger partial charge on any atom is 0.407 e. The number of piperidine rings is 1. The highest BCUT2D eigenvalue weighted by Gasteiger charge is 2.24. The Balaban J connectivity index is 1.62. The number of alkyl carbamates (subject to hydrolysis) is 1. The van der Waals surface area contributed by atoms with Crippen LogP contribution in [0.4, 0.5) is 10.6 Å². The van der Waals surface area contributed by atoms with Crippen molar-refractivity contribution in [2.45, 2.75) is 33.1 Å². The van der Waals surface area contributed by atoms with E-state index in [1.807, 2.05) is 26.0 Å². The van der Waals surface area contributed by atoms with Crippen molar-refractivity contribution < 1.29 is 14.6 Å². The molecule has 3 aromatic rings. The third kappa shape index (κ3) is 4.93. The van der Waals surface area contributed by atoms with E-state index in [0.717, 1.165) is 54.6 Å². The van der Waals surface area contributed by atoms with Gasteiger partial charge in [0.15, 0.2) is 5.82 Å². The summed E-state index contributed by atoms with van der Waals surface area (Å²) in [6, 6.07) is 13.3. The van der Waals surface area contributed by atoms with E-state index >= 15 is 0 Å². The van der Waals surface area contributed by atoms with E-state index in [9.17, 15) is 9.90 Å². The summed E-state index contributed by atoms with van der Waals surface area (Å²) in [7, 11) is 0. The molecule has 7 nitrogen and oxygen atoms in total. The lowest BCUT2D eigenvalue weighted by Crippen LogP contribution is -2.41. The van der Waals surface area contributed by atoms with E-state index < -0.39 is 0 Å². The molecule has 2 heterocycles. The second kappa shape index (κ2) is 9.85. The first kappa shape index (κ1) is 21.9. The number of phenols is 1. The normalized spacial score (nSPS) is 16.2. The van der Waals surface area contributed by atoms with Crippen LogP contribution in [0.25, 0.3) is 22.3 Å². The number of aryl methyl sites for hydroxylation is 1. The highest BCUT2D eigenvalue weighted by atomic mass is 16.5. The summed E-state index contributed by atoms with van der Waals surface area (Å²) in [5.74, 6) is 1.85. The predicted molar refractivity (Wildman–Crippen MR) is 126 cm³/mol. The van der Waals surface area contributed by atoms with Gasteiger partial charge in [0, 0.05) is 25.0 Å². The molecule has 4 rings (SSSR count). The third-order valence-electron chi connectivity index (χ3n) is 5.77. The fraction of sp³-hybridized carbons (Fsp3) is 0.400. The second-order valence-electron chi connectivity index (χ2n) is 8.38. The van der Waals surface area contributed by atoms with Crippen molar-refractivity contribution in [3.63, 3.8) is 0 Å². The minimum absolute atomic E-state index is 0.164. The van der Waals surface area contributed by atoms with Crippen LogP contribution in [0.3, 0.4) is 0 Å². The maximum absolute atomic E-state index is 11.8.